The Bertz CT molecular complexity index is 482. The SMILES string of the molecule is NC1(C(=O)NC2CCc3c(Cl)cccc32)CC1. The third kappa shape index (κ3) is 1.83. The maximum Gasteiger partial charge on any atom is 0.240 e. The summed E-state index contributed by atoms with van der Waals surface area (Å²) in [7, 11) is 0. The first-order valence-corrected chi connectivity index (χ1v) is 6.35. The van der Waals surface area contributed by atoms with E-state index in [9.17, 15) is 4.79 Å². The lowest BCUT2D eigenvalue weighted by Gasteiger charge is -2.17. The van der Waals surface area contributed by atoms with Crippen LogP contribution in [0.3, 0.4) is 0 Å². The van der Waals surface area contributed by atoms with Crippen molar-refractivity contribution in [2.75, 3.05) is 0 Å². The molecule has 0 bridgehead atoms. The fourth-order valence-electron chi connectivity index (χ4n) is 2.42. The topological polar surface area (TPSA) is 55.1 Å². The number of nitrogens with two attached hydrogens (primary N) is 1. The van der Waals surface area contributed by atoms with E-state index >= 15 is 0 Å². The van der Waals surface area contributed by atoms with Gasteiger partial charge in [0.2, 0.25) is 5.91 Å². The first-order valence-electron chi connectivity index (χ1n) is 5.97. The molecule has 17 heavy (non-hydrogen) atoms. The van der Waals surface area contributed by atoms with Crippen LogP contribution in [0.5, 0.6) is 0 Å². The summed E-state index contributed by atoms with van der Waals surface area (Å²) < 4.78 is 0. The van der Waals surface area contributed by atoms with Gasteiger partial charge < -0.3 is 11.1 Å². The number of hydrogen-bond acceptors (Lipinski definition) is 2. The van der Waals surface area contributed by atoms with Crippen LogP contribution in [0.1, 0.15) is 36.4 Å². The molecule has 1 saturated carbocycles. The fourth-order valence-corrected chi connectivity index (χ4v) is 2.70. The van der Waals surface area contributed by atoms with Gasteiger partial charge in [-0.2, -0.15) is 0 Å². The van der Waals surface area contributed by atoms with Crippen LogP contribution >= 0.6 is 11.6 Å². The molecular formula is C13H15ClN2O. The van der Waals surface area contributed by atoms with Crippen LogP contribution in [0, 0.1) is 0 Å². The summed E-state index contributed by atoms with van der Waals surface area (Å²) >= 11 is 6.14. The van der Waals surface area contributed by atoms with E-state index in [1.807, 2.05) is 18.2 Å². The number of amides is 1. The van der Waals surface area contributed by atoms with Crippen molar-refractivity contribution in [2.45, 2.75) is 37.3 Å². The van der Waals surface area contributed by atoms with Gasteiger partial charge in [0.25, 0.3) is 0 Å². The molecule has 90 valence electrons. The second-order valence-corrected chi connectivity index (χ2v) is 5.44. The van der Waals surface area contributed by atoms with E-state index in [4.69, 9.17) is 17.3 Å². The lowest BCUT2D eigenvalue weighted by molar-refractivity contribution is -0.124. The molecule has 2 aliphatic rings. The zero-order chi connectivity index (χ0) is 12.0. The number of hydrogen-bond donors (Lipinski definition) is 2. The molecule has 1 aromatic rings. The standard InChI is InChI=1S/C13H15ClN2O/c14-10-3-1-2-9-8(10)4-5-11(9)16-12(17)13(15)6-7-13/h1-3,11H,4-7,15H2,(H,16,17). The van der Waals surface area contributed by atoms with Crippen molar-refractivity contribution < 1.29 is 4.79 Å². The van der Waals surface area contributed by atoms with Crippen molar-refractivity contribution in [3.63, 3.8) is 0 Å². The molecular weight excluding hydrogens is 236 g/mol. The van der Waals surface area contributed by atoms with Crippen LogP contribution in [-0.4, -0.2) is 11.4 Å². The Balaban J connectivity index is 1.80. The number of halogens is 1. The highest BCUT2D eigenvalue weighted by atomic mass is 35.5. The monoisotopic (exact) mass is 250 g/mol. The number of carbonyl (C=O) groups excluding carboxylic acids is 1. The molecule has 3 nitrogen and oxygen atoms in total. The van der Waals surface area contributed by atoms with E-state index in [1.54, 1.807) is 0 Å². The first kappa shape index (κ1) is 11.1. The maximum absolute atomic E-state index is 11.9. The van der Waals surface area contributed by atoms with Crippen LogP contribution in [0.15, 0.2) is 18.2 Å². The average Bonchev–Trinajstić information content (AvgIpc) is 2.92. The molecule has 1 unspecified atom stereocenters. The third-order valence-electron chi connectivity index (χ3n) is 3.76. The summed E-state index contributed by atoms with van der Waals surface area (Å²) in [6.45, 7) is 0. The second kappa shape index (κ2) is 3.72. The minimum absolute atomic E-state index is 0.0182. The van der Waals surface area contributed by atoms with Gasteiger partial charge in [0.1, 0.15) is 0 Å². The van der Waals surface area contributed by atoms with Crippen molar-refractivity contribution in [1.82, 2.24) is 5.32 Å². The van der Waals surface area contributed by atoms with Crippen molar-refractivity contribution in [3.8, 4) is 0 Å². The highest BCUT2D eigenvalue weighted by Crippen LogP contribution is 2.37. The van der Waals surface area contributed by atoms with Gasteiger partial charge in [-0.1, -0.05) is 23.7 Å². The molecule has 0 saturated heterocycles. The normalized spacial score (nSPS) is 24.2. The summed E-state index contributed by atoms with van der Waals surface area (Å²) in [5.41, 5.74) is 7.60. The predicted molar refractivity (Wildman–Crippen MR) is 66.8 cm³/mol. The minimum Gasteiger partial charge on any atom is -0.348 e. The molecule has 3 N–H and O–H groups in total. The van der Waals surface area contributed by atoms with Gasteiger partial charge in [0.05, 0.1) is 11.6 Å². The van der Waals surface area contributed by atoms with Crippen LogP contribution in [0.2, 0.25) is 5.02 Å². The van der Waals surface area contributed by atoms with Gasteiger partial charge in [-0.05, 0) is 42.9 Å². The van der Waals surface area contributed by atoms with Crippen LogP contribution in [0.4, 0.5) is 0 Å². The van der Waals surface area contributed by atoms with Gasteiger partial charge in [-0.3, -0.25) is 4.79 Å². The summed E-state index contributed by atoms with van der Waals surface area (Å²) in [5.74, 6) is -0.0182. The van der Waals surface area contributed by atoms with E-state index in [1.165, 1.54) is 5.56 Å². The van der Waals surface area contributed by atoms with Crippen molar-refractivity contribution in [3.05, 3.63) is 34.3 Å². The van der Waals surface area contributed by atoms with Crippen LogP contribution < -0.4 is 11.1 Å². The maximum atomic E-state index is 11.9. The molecule has 1 aromatic carbocycles. The van der Waals surface area contributed by atoms with Crippen molar-refractivity contribution >= 4 is 17.5 Å². The minimum atomic E-state index is -0.596. The lowest BCUT2D eigenvalue weighted by atomic mass is 10.1. The number of fused-ring (bicyclic) bond motifs is 1. The van der Waals surface area contributed by atoms with Crippen LogP contribution in [0.25, 0.3) is 0 Å². The molecule has 0 radical (unpaired) electrons. The molecule has 0 heterocycles. The van der Waals surface area contributed by atoms with Gasteiger partial charge in [0.15, 0.2) is 0 Å². The van der Waals surface area contributed by atoms with E-state index in [2.05, 4.69) is 5.32 Å². The summed E-state index contributed by atoms with van der Waals surface area (Å²) in [6.07, 6.45) is 3.44. The van der Waals surface area contributed by atoms with Gasteiger partial charge in [0, 0.05) is 5.02 Å². The predicted octanol–water partition coefficient (Wildman–Crippen LogP) is 1.93. The molecule has 0 spiro atoms. The second-order valence-electron chi connectivity index (χ2n) is 5.03. The average molecular weight is 251 g/mol. The Kier molecular flexibility index (Phi) is 2.42. The van der Waals surface area contributed by atoms with E-state index < -0.39 is 5.54 Å². The largest absolute Gasteiger partial charge is 0.348 e. The first-order chi connectivity index (χ1) is 8.10. The van der Waals surface area contributed by atoms with Gasteiger partial charge in [-0.15, -0.1) is 0 Å². The molecule has 1 atom stereocenters. The Morgan fingerprint density at radius 3 is 2.94 bits per heavy atom. The summed E-state index contributed by atoms with van der Waals surface area (Å²) in [5, 5.41) is 3.84. The van der Waals surface area contributed by atoms with Gasteiger partial charge >= 0.3 is 0 Å². The number of nitrogens with one attached hydrogen (secondary N) is 1. The number of benzene rings is 1. The molecule has 3 rings (SSSR count). The zero-order valence-corrected chi connectivity index (χ0v) is 10.3. The number of rotatable bonds is 2. The smallest absolute Gasteiger partial charge is 0.240 e. The molecule has 0 aromatic heterocycles. The highest BCUT2D eigenvalue weighted by Gasteiger charge is 2.46. The summed E-state index contributed by atoms with van der Waals surface area (Å²) in [6, 6.07) is 5.95. The Morgan fingerprint density at radius 1 is 1.47 bits per heavy atom. The third-order valence-corrected chi connectivity index (χ3v) is 4.11. The molecule has 1 fully saturated rings. The Labute approximate surface area is 105 Å². The lowest BCUT2D eigenvalue weighted by Crippen LogP contribution is -2.43. The Hall–Kier alpha value is -1.06. The van der Waals surface area contributed by atoms with Crippen molar-refractivity contribution in [1.29, 1.82) is 0 Å². The molecule has 4 heteroatoms. The highest BCUT2D eigenvalue weighted by molar-refractivity contribution is 6.31. The van der Waals surface area contributed by atoms with Crippen LogP contribution in [-0.2, 0) is 11.2 Å². The van der Waals surface area contributed by atoms with E-state index in [0.717, 1.165) is 36.3 Å². The fraction of sp³-hybridized carbons (Fsp3) is 0.462. The number of carbonyl (C=O) groups is 1. The Morgan fingerprint density at radius 2 is 2.24 bits per heavy atom. The van der Waals surface area contributed by atoms with Crippen molar-refractivity contribution in [2.24, 2.45) is 5.73 Å². The zero-order valence-electron chi connectivity index (χ0n) is 9.50. The quantitative estimate of drug-likeness (QED) is 0.843. The molecule has 1 amide bonds. The molecule has 0 aliphatic heterocycles. The van der Waals surface area contributed by atoms with Gasteiger partial charge in [-0.25, -0.2) is 0 Å². The molecule has 2 aliphatic carbocycles. The van der Waals surface area contributed by atoms with E-state index in [0.29, 0.717) is 0 Å². The summed E-state index contributed by atoms with van der Waals surface area (Å²) in [4.78, 5) is 11.9. The van der Waals surface area contributed by atoms with E-state index in [-0.39, 0.29) is 11.9 Å².